The third-order valence-electron chi connectivity index (χ3n) is 2.03. The van der Waals surface area contributed by atoms with Crippen LogP contribution in [0.5, 0.6) is 0 Å². The Morgan fingerprint density at radius 1 is 1.56 bits per heavy atom. The smallest absolute Gasteiger partial charge is 0.351 e. The van der Waals surface area contributed by atoms with Crippen LogP contribution in [0.15, 0.2) is 28.7 Å². The minimum absolute atomic E-state index is 0.143. The predicted molar refractivity (Wildman–Crippen MR) is 75.9 cm³/mol. The Balaban J connectivity index is 2.23. The van der Waals surface area contributed by atoms with Crippen LogP contribution in [0.2, 0.25) is 5.15 Å². The number of nitrogens with zero attached hydrogens (tertiary/aromatic N) is 1. The maximum Gasteiger partial charge on any atom is 0.351 e. The number of aromatic nitrogens is 1. The number of nitrogens with one attached hydrogen (secondary N) is 1. The molecule has 18 heavy (non-hydrogen) atoms. The second-order valence-electron chi connectivity index (χ2n) is 3.27. The molecule has 0 saturated carbocycles. The molecule has 2 aromatic rings. The van der Waals surface area contributed by atoms with Gasteiger partial charge in [0.2, 0.25) is 0 Å². The van der Waals surface area contributed by atoms with Gasteiger partial charge in [0.1, 0.15) is 0 Å². The topological polar surface area (TPSA) is 51.2 Å². The highest BCUT2D eigenvalue weighted by Crippen LogP contribution is 2.30. The summed E-state index contributed by atoms with van der Waals surface area (Å²) in [6, 6.07) is 7.59. The molecule has 94 valence electrons. The molecule has 1 aromatic heterocycles. The van der Waals surface area contributed by atoms with Crippen molar-refractivity contribution in [1.29, 1.82) is 0 Å². The molecule has 0 aliphatic carbocycles. The number of rotatable bonds is 3. The van der Waals surface area contributed by atoms with Gasteiger partial charge in [0.25, 0.3) is 0 Å². The number of methoxy groups -OCH3 is 1. The molecule has 0 bridgehead atoms. The molecule has 0 amide bonds. The van der Waals surface area contributed by atoms with Crippen LogP contribution in [-0.2, 0) is 4.74 Å². The molecular formula is C11H8BrClN2O2S. The number of benzene rings is 1. The fourth-order valence-electron chi connectivity index (χ4n) is 1.26. The third-order valence-corrected chi connectivity index (χ3v) is 3.86. The summed E-state index contributed by atoms with van der Waals surface area (Å²) < 4.78 is 5.56. The van der Waals surface area contributed by atoms with Gasteiger partial charge in [-0.3, -0.25) is 0 Å². The summed E-state index contributed by atoms with van der Waals surface area (Å²) in [5, 5.41) is 3.75. The first-order valence-corrected chi connectivity index (χ1v) is 6.86. The minimum Gasteiger partial charge on any atom is -0.465 e. The summed E-state index contributed by atoms with van der Waals surface area (Å²) in [4.78, 5) is 15.7. The van der Waals surface area contributed by atoms with Crippen LogP contribution in [0.25, 0.3) is 0 Å². The summed E-state index contributed by atoms with van der Waals surface area (Å²) >= 11 is 10.4. The second kappa shape index (κ2) is 5.69. The average molecular weight is 348 g/mol. The molecule has 1 N–H and O–H groups in total. The number of carbonyl (C=O) groups is 1. The van der Waals surface area contributed by atoms with Crippen LogP contribution in [0.3, 0.4) is 0 Å². The van der Waals surface area contributed by atoms with E-state index >= 15 is 0 Å². The highest BCUT2D eigenvalue weighted by atomic mass is 79.9. The predicted octanol–water partition coefficient (Wildman–Crippen LogP) is 4.09. The van der Waals surface area contributed by atoms with E-state index in [1.165, 1.54) is 7.11 Å². The highest BCUT2D eigenvalue weighted by molar-refractivity contribution is 9.10. The summed E-state index contributed by atoms with van der Waals surface area (Å²) in [5.74, 6) is -0.486. The van der Waals surface area contributed by atoms with E-state index in [0.717, 1.165) is 21.5 Å². The van der Waals surface area contributed by atoms with E-state index in [1.54, 1.807) is 0 Å². The first kappa shape index (κ1) is 13.3. The molecule has 0 saturated heterocycles. The van der Waals surface area contributed by atoms with Crippen LogP contribution in [-0.4, -0.2) is 18.1 Å². The number of hydrogen-bond acceptors (Lipinski definition) is 5. The normalized spacial score (nSPS) is 10.2. The molecular weight excluding hydrogens is 340 g/mol. The molecule has 0 radical (unpaired) electrons. The molecule has 0 unspecified atom stereocenters. The van der Waals surface area contributed by atoms with Gasteiger partial charge in [-0.05, 0) is 18.2 Å². The number of anilines is 2. The number of esters is 1. The SMILES string of the molecule is COC(=O)c1sc(Nc2cccc(Br)c2)nc1Cl. The van der Waals surface area contributed by atoms with Crippen molar-refractivity contribution in [2.75, 3.05) is 12.4 Å². The van der Waals surface area contributed by atoms with E-state index in [4.69, 9.17) is 11.6 Å². The highest BCUT2D eigenvalue weighted by Gasteiger charge is 2.17. The molecule has 2 rings (SSSR count). The van der Waals surface area contributed by atoms with Gasteiger partial charge in [-0.15, -0.1) is 0 Å². The molecule has 0 spiro atoms. The molecule has 0 aliphatic heterocycles. The van der Waals surface area contributed by atoms with Crippen molar-refractivity contribution in [1.82, 2.24) is 4.98 Å². The van der Waals surface area contributed by atoms with Crippen LogP contribution in [0.4, 0.5) is 10.8 Å². The van der Waals surface area contributed by atoms with Crippen LogP contribution < -0.4 is 5.32 Å². The Morgan fingerprint density at radius 2 is 2.33 bits per heavy atom. The quantitative estimate of drug-likeness (QED) is 0.850. The van der Waals surface area contributed by atoms with Crippen molar-refractivity contribution >= 4 is 55.7 Å². The zero-order valence-corrected chi connectivity index (χ0v) is 12.4. The monoisotopic (exact) mass is 346 g/mol. The lowest BCUT2D eigenvalue weighted by Crippen LogP contribution is -1.98. The number of thiazole rings is 1. The second-order valence-corrected chi connectivity index (χ2v) is 5.54. The summed E-state index contributed by atoms with van der Waals surface area (Å²) in [6.07, 6.45) is 0. The lowest BCUT2D eigenvalue weighted by atomic mass is 10.3. The van der Waals surface area contributed by atoms with E-state index in [0.29, 0.717) is 5.13 Å². The van der Waals surface area contributed by atoms with E-state index in [-0.39, 0.29) is 10.0 Å². The van der Waals surface area contributed by atoms with Crippen molar-refractivity contribution in [3.63, 3.8) is 0 Å². The number of hydrogen-bond donors (Lipinski definition) is 1. The molecule has 4 nitrogen and oxygen atoms in total. The van der Waals surface area contributed by atoms with E-state index in [9.17, 15) is 4.79 Å². The van der Waals surface area contributed by atoms with Crippen LogP contribution in [0, 0.1) is 0 Å². The zero-order chi connectivity index (χ0) is 13.1. The molecule has 7 heteroatoms. The van der Waals surface area contributed by atoms with Gasteiger partial charge in [0.05, 0.1) is 7.11 Å². The van der Waals surface area contributed by atoms with E-state index < -0.39 is 5.97 Å². The summed E-state index contributed by atoms with van der Waals surface area (Å²) in [5.41, 5.74) is 0.853. The number of ether oxygens (including phenoxy) is 1. The van der Waals surface area contributed by atoms with Crippen LogP contribution >= 0.6 is 38.9 Å². The van der Waals surface area contributed by atoms with Crippen molar-refractivity contribution < 1.29 is 9.53 Å². The van der Waals surface area contributed by atoms with Crippen molar-refractivity contribution in [2.45, 2.75) is 0 Å². The Hall–Kier alpha value is -1.11. The maximum atomic E-state index is 11.4. The first-order chi connectivity index (χ1) is 8.60. The lowest BCUT2D eigenvalue weighted by molar-refractivity contribution is 0.0606. The number of halogens is 2. The lowest BCUT2D eigenvalue weighted by Gasteiger charge is -2.01. The van der Waals surface area contributed by atoms with E-state index in [2.05, 4.69) is 31.0 Å². The molecule has 1 aromatic carbocycles. The van der Waals surface area contributed by atoms with Gasteiger partial charge in [-0.2, -0.15) is 0 Å². The van der Waals surface area contributed by atoms with Gasteiger partial charge in [-0.25, -0.2) is 9.78 Å². The maximum absolute atomic E-state index is 11.4. The van der Waals surface area contributed by atoms with Gasteiger partial charge in [0.15, 0.2) is 15.2 Å². The zero-order valence-electron chi connectivity index (χ0n) is 9.24. The third kappa shape index (κ3) is 3.01. The van der Waals surface area contributed by atoms with Crippen LogP contribution in [0.1, 0.15) is 9.67 Å². The fraction of sp³-hybridized carbons (Fsp3) is 0.0909. The van der Waals surface area contributed by atoms with Gasteiger partial charge < -0.3 is 10.1 Å². The van der Waals surface area contributed by atoms with Crippen molar-refractivity contribution in [3.8, 4) is 0 Å². The van der Waals surface area contributed by atoms with Crippen molar-refractivity contribution in [2.24, 2.45) is 0 Å². The Kier molecular flexibility index (Phi) is 4.21. The standard InChI is InChI=1S/C11H8BrClN2O2S/c1-17-10(16)8-9(13)15-11(18-8)14-7-4-2-3-6(12)5-7/h2-5H,1H3,(H,14,15). The average Bonchev–Trinajstić information content (AvgIpc) is 2.69. The van der Waals surface area contributed by atoms with E-state index in [1.807, 2.05) is 24.3 Å². The summed E-state index contributed by atoms with van der Waals surface area (Å²) in [7, 11) is 1.31. The molecule has 1 heterocycles. The molecule has 0 atom stereocenters. The van der Waals surface area contributed by atoms with Gasteiger partial charge >= 0.3 is 5.97 Å². The Labute approximate surface area is 121 Å². The Bertz CT molecular complexity index is 588. The first-order valence-electron chi connectivity index (χ1n) is 4.87. The van der Waals surface area contributed by atoms with Gasteiger partial charge in [-0.1, -0.05) is 44.9 Å². The largest absolute Gasteiger partial charge is 0.465 e. The summed E-state index contributed by atoms with van der Waals surface area (Å²) in [6.45, 7) is 0. The molecule has 0 fully saturated rings. The molecule has 0 aliphatic rings. The Morgan fingerprint density at radius 3 is 3.00 bits per heavy atom. The minimum atomic E-state index is -0.486. The van der Waals surface area contributed by atoms with Crippen molar-refractivity contribution in [3.05, 3.63) is 38.8 Å². The number of carbonyl (C=O) groups excluding carboxylic acids is 1. The fourth-order valence-corrected chi connectivity index (χ4v) is 2.79. The van der Waals surface area contributed by atoms with Gasteiger partial charge in [0, 0.05) is 10.2 Å².